The fraction of sp³-hybridized carbons (Fsp3) is 0.321. The summed E-state index contributed by atoms with van der Waals surface area (Å²) in [7, 11) is 0. The van der Waals surface area contributed by atoms with Crippen LogP contribution in [-0.2, 0) is 12.2 Å². The van der Waals surface area contributed by atoms with Gasteiger partial charge in [0.15, 0.2) is 0 Å². The van der Waals surface area contributed by atoms with E-state index in [0.717, 1.165) is 42.0 Å². The van der Waals surface area contributed by atoms with E-state index in [-0.39, 0.29) is 5.91 Å². The second kappa shape index (κ2) is 9.90. The van der Waals surface area contributed by atoms with Gasteiger partial charge in [-0.25, -0.2) is 0 Å². The highest BCUT2D eigenvalue weighted by Crippen LogP contribution is 2.41. The maximum absolute atomic E-state index is 13.7. The minimum Gasteiger partial charge on any atom is -0.494 e. The summed E-state index contributed by atoms with van der Waals surface area (Å²) in [5.41, 5.74) is 3.12. The lowest BCUT2D eigenvalue weighted by Gasteiger charge is -2.48. The molecule has 4 rings (SSSR count). The number of hydrogen-bond acceptors (Lipinski definition) is 3. The zero-order valence-electron chi connectivity index (χ0n) is 19.0. The van der Waals surface area contributed by atoms with Gasteiger partial charge in [-0.05, 0) is 48.2 Å². The van der Waals surface area contributed by atoms with Crippen molar-refractivity contribution in [2.45, 2.75) is 51.7 Å². The van der Waals surface area contributed by atoms with Crippen molar-refractivity contribution >= 4 is 11.6 Å². The maximum Gasteiger partial charge on any atom is 0.258 e. The summed E-state index contributed by atoms with van der Waals surface area (Å²) in [6.07, 6.45) is 4.15. The average Bonchev–Trinajstić information content (AvgIpc) is 2.84. The summed E-state index contributed by atoms with van der Waals surface area (Å²) in [5, 5.41) is 3.72. The highest BCUT2D eigenvalue weighted by Gasteiger charge is 2.44. The number of fused-ring (bicyclic) bond motifs is 1. The molecule has 1 N–H and O–H groups in total. The number of anilines is 1. The largest absolute Gasteiger partial charge is 0.494 e. The van der Waals surface area contributed by atoms with Crippen molar-refractivity contribution in [3.63, 3.8) is 0 Å². The van der Waals surface area contributed by atoms with Crippen LogP contribution in [0.15, 0.2) is 78.9 Å². The van der Waals surface area contributed by atoms with Gasteiger partial charge in [0.25, 0.3) is 5.91 Å². The number of hydrogen-bond donors (Lipinski definition) is 1. The van der Waals surface area contributed by atoms with Crippen LogP contribution < -0.4 is 10.1 Å². The number of carbonyl (C=O) groups is 1. The monoisotopic (exact) mass is 428 g/mol. The predicted octanol–water partition coefficient (Wildman–Crippen LogP) is 6.59. The topological polar surface area (TPSA) is 41.6 Å². The predicted molar refractivity (Wildman–Crippen MR) is 130 cm³/mol. The highest BCUT2D eigenvalue weighted by atomic mass is 16.5. The van der Waals surface area contributed by atoms with E-state index in [1.807, 2.05) is 59.5 Å². The number of benzene rings is 3. The first-order chi connectivity index (χ1) is 15.7. The third kappa shape index (κ3) is 4.36. The molecule has 0 aliphatic carbocycles. The molecule has 1 aliphatic rings. The van der Waals surface area contributed by atoms with E-state index in [1.54, 1.807) is 0 Å². The molecule has 0 fully saturated rings. The molecule has 32 heavy (non-hydrogen) atoms. The molecule has 4 nitrogen and oxygen atoms in total. The molecule has 1 heterocycles. The number of carbonyl (C=O) groups excluding carboxylic acids is 1. The van der Waals surface area contributed by atoms with Crippen LogP contribution in [0, 0.1) is 0 Å². The molecular weight excluding hydrogens is 396 g/mol. The van der Waals surface area contributed by atoms with Crippen molar-refractivity contribution in [2.24, 2.45) is 0 Å². The highest BCUT2D eigenvalue weighted by molar-refractivity contribution is 6.02. The second-order valence-corrected chi connectivity index (χ2v) is 8.34. The Kier molecular flexibility index (Phi) is 6.79. The minimum absolute atomic E-state index is 0.0462. The van der Waals surface area contributed by atoms with Crippen LogP contribution in [0.3, 0.4) is 0 Å². The quantitative estimate of drug-likeness (QED) is 0.391. The van der Waals surface area contributed by atoms with Crippen LogP contribution in [0.25, 0.3) is 0 Å². The number of rotatable bonds is 9. The van der Waals surface area contributed by atoms with Gasteiger partial charge < -0.3 is 15.0 Å². The number of nitrogens with zero attached hydrogens (tertiary/aromatic N) is 1. The first-order valence-corrected chi connectivity index (χ1v) is 11.6. The average molecular weight is 429 g/mol. The van der Waals surface area contributed by atoms with Gasteiger partial charge in [0.05, 0.1) is 12.2 Å². The van der Waals surface area contributed by atoms with Crippen LogP contribution in [0.5, 0.6) is 5.75 Å². The van der Waals surface area contributed by atoms with Crippen LogP contribution in [0.2, 0.25) is 0 Å². The third-order valence-corrected chi connectivity index (χ3v) is 6.25. The molecule has 1 unspecified atom stereocenters. The Labute approximate surface area is 191 Å². The van der Waals surface area contributed by atoms with Crippen molar-refractivity contribution in [3.8, 4) is 5.75 Å². The number of nitrogens with one attached hydrogen (secondary N) is 1. The smallest absolute Gasteiger partial charge is 0.258 e. The summed E-state index contributed by atoms with van der Waals surface area (Å²) in [4.78, 5) is 15.7. The molecule has 0 bridgehead atoms. The van der Waals surface area contributed by atoms with E-state index < -0.39 is 5.66 Å². The summed E-state index contributed by atoms with van der Waals surface area (Å²) in [5.74, 6) is 0.915. The van der Waals surface area contributed by atoms with Crippen molar-refractivity contribution < 1.29 is 9.53 Å². The number of amides is 1. The van der Waals surface area contributed by atoms with Gasteiger partial charge in [-0.1, -0.05) is 81.3 Å². The number of unbranched alkanes of at least 4 members (excludes halogenated alkanes) is 2. The van der Waals surface area contributed by atoms with Gasteiger partial charge in [0.2, 0.25) is 0 Å². The van der Waals surface area contributed by atoms with Crippen molar-refractivity contribution in [1.29, 1.82) is 0 Å². The standard InChI is InChI=1S/C28H32N2O2/c1-3-5-11-20-32-24-18-16-23(17-19-24)28(4-2)29-26-15-10-9-14-25(26)27(31)30(28)21-22-12-7-6-8-13-22/h6-10,12-19,29H,3-5,11,20-21H2,1-2H3. The molecule has 1 amide bonds. The van der Waals surface area contributed by atoms with Crippen LogP contribution in [-0.4, -0.2) is 17.4 Å². The van der Waals surface area contributed by atoms with Gasteiger partial charge in [-0.15, -0.1) is 0 Å². The number of para-hydroxylation sites is 1. The lowest BCUT2D eigenvalue weighted by molar-refractivity contribution is 0.0454. The normalized spacial score (nSPS) is 17.6. The summed E-state index contributed by atoms with van der Waals surface area (Å²) in [6, 6.07) is 26.2. The lowest BCUT2D eigenvalue weighted by Crippen LogP contribution is -2.56. The van der Waals surface area contributed by atoms with Crippen LogP contribution in [0.4, 0.5) is 5.69 Å². The van der Waals surface area contributed by atoms with E-state index in [4.69, 9.17) is 4.74 Å². The van der Waals surface area contributed by atoms with E-state index in [1.165, 1.54) is 12.8 Å². The zero-order chi connectivity index (χ0) is 22.4. The fourth-order valence-corrected chi connectivity index (χ4v) is 4.44. The van der Waals surface area contributed by atoms with E-state index in [0.29, 0.717) is 12.1 Å². The molecule has 1 atom stereocenters. The molecule has 4 heteroatoms. The Balaban J connectivity index is 1.69. The second-order valence-electron chi connectivity index (χ2n) is 8.34. The molecular formula is C28H32N2O2. The van der Waals surface area contributed by atoms with Crippen LogP contribution in [0.1, 0.15) is 61.0 Å². The van der Waals surface area contributed by atoms with Crippen molar-refractivity contribution in [3.05, 3.63) is 95.6 Å². The first kappa shape index (κ1) is 21.9. The van der Waals surface area contributed by atoms with Gasteiger partial charge in [0.1, 0.15) is 11.4 Å². The van der Waals surface area contributed by atoms with Crippen molar-refractivity contribution in [1.82, 2.24) is 4.90 Å². The molecule has 0 aromatic heterocycles. The third-order valence-electron chi connectivity index (χ3n) is 6.25. The maximum atomic E-state index is 13.7. The molecule has 0 saturated carbocycles. The molecule has 166 valence electrons. The minimum atomic E-state index is -0.637. The Morgan fingerprint density at radius 1 is 0.875 bits per heavy atom. The summed E-state index contributed by atoms with van der Waals surface area (Å²) in [6.45, 7) is 5.58. The molecule has 0 spiro atoms. The summed E-state index contributed by atoms with van der Waals surface area (Å²) >= 11 is 0. The Morgan fingerprint density at radius 3 is 2.31 bits per heavy atom. The molecule has 0 radical (unpaired) electrons. The van der Waals surface area contributed by atoms with Crippen LogP contribution >= 0.6 is 0 Å². The Bertz CT molecular complexity index is 1030. The fourth-order valence-electron chi connectivity index (χ4n) is 4.44. The lowest BCUT2D eigenvalue weighted by atomic mass is 9.89. The molecule has 3 aromatic rings. The first-order valence-electron chi connectivity index (χ1n) is 11.6. The van der Waals surface area contributed by atoms with Gasteiger partial charge in [0, 0.05) is 12.2 Å². The van der Waals surface area contributed by atoms with Gasteiger partial charge in [-0.2, -0.15) is 0 Å². The van der Waals surface area contributed by atoms with E-state index >= 15 is 0 Å². The van der Waals surface area contributed by atoms with E-state index in [9.17, 15) is 4.79 Å². The zero-order valence-corrected chi connectivity index (χ0v) is 19.0. The van der Waals surface area contributed by atoms with Gasteiger partial charge >= 0.3 is 0 Å². The Hall–Kier alpha value is -3.27. The van der Waals surface area contributed by atoms with Crippen molar-refractivity contribution in [2.75, 3.05) is 11.9 Å². The molecule has 0 saturated heterocycles. The SMILES string of the molecule is CCCCCOc1ccc(C2(CC)Nc3ccccc3C(=O)N2Cc2ccccc2)cc1. The molecule has 1 aliphatic heterocycles. The Morgan fingerprint density at radius 2 is 1.59 bits per heavy atom. The summed E-state index contributed by atoms with van der Waals surface area (Å²) < 4.78 is 5.92. The van der Waals surface area contributed by atoms with Gasteiger partial charge in [-0.3, -0.25) is 4.79 Å². The van der Waals surface area contributed by atoms with E-state index in [2.05, 4.69) is 43.4 Å². The molecule has 3 aromatic carbocycles. The number of ether oxygens (including phenoxy) is 1.